The molecule has 0 bridgehead atoms. The number of amides is 2. The van der Waals surface area contributed by atoms with Gasteiger partial charge in [-0.1, -0.05) is 55.5 Å². The molecule has 2 amide bonds. The van der Waals surface area contributed by atoms with Gasteiger partial charge in [-0.3, -0.25) is 4.79 Å². The third-order valence-corrected chi connectivity index (χ3v) is 6.33. The molecule has 0 atom stereocenters. The fourth-order valence-corrected chi connectivity index (χ4v) is 4.54. The minimum Gasteiger partial charge on any atom is -0.462 e. The molecule has 0 aromatic heterocycles. The molecule has 3 aromatic rings. The van der Waals surface area contributed by atoms with E-state index in [1.807, 2.05) is 82.3 Å². The van der Waals surface area contributed by atoms with Crippen molar-refractivity contribution in [3.63, 3.8) is 0 Å². The lowest BCUT2D eigenvalue weighted by Gasteiger charge is -2.27. The van der Waals surface area contributed by atoms with E-state index >= 15 is 0 Å². The maximum atomic E-state index is 13.3. The zero-order valence-corrected chi connectivity index (χ0v) is 24.2. The average Bonchev–Trinajstić information content (AvgIpc) is 3.26. The predicted octanol–water partition coefficient (Wildman–Crippen LogP) is 6.94. The van der Waals surface area contributed by atoms with E-state index in [1.165, 1.54) is 0 Å². The number of hydrogen-bond donors (Lipinski definition) is 2. The number of ether oxygens (including phenoxy) is 2. The molecule has 3 aromatic carbocycles. The second-order valence-corrected chi connectivity index (χ2v) is 10.8. The third kappa shape index (κ3) is 7.33. The van der Waals surface area contributed by atoms with Crippen molar-refractivity contribution < 1.29 is 23.9 Å². The zero-order valence-electron chi connectivity index (χ0n) is 24.2. The van der Waals surface area contributed by atoms with Crippen LogP contribution in [0.1, 0.15) is 68.1 Å². The Morgan fingerprint density at radius 3 is 2.27 bits per heavy atom. The Kier molecular flexibility index (Phi) is 9.12. The van der Waals surface area contributed by atoms with Crippen LogP contribution in [0.3, 0.4) is 0 Å². The van der Waals surface area contributed by atoms with Gasteiger partial charge in [-0.15, -0.1) is 0 Å². The number of fused-ring (bicyclic) bond motifs is 1. The molecule has 0 aliphatic carbocycles. The van der Waals surface area contributed by atoms with Gasteiger partial charge in [0.15, 0.2) is 0 Å². The van der Waals surface area contributed by atoms with Crippen molar-refractivity contribution in [1.82, 2.24) is 4.90 Å². The topological polar surface area (TPSA) is 97.0 Å². The molecule has 0 saturated carbocycles. The first kappa shape index (κ1) is 29.4. The van der Waals surface area contributed by atoms with Crippen LogP contribution in [0.15, 0.2) is 72.8 Å². The Morgan fingerprint density at radius 2 is 1.63 bits per heavy atom. The lowest BCUT2D eigenvalue weighted by atomic mass is 9.99. The Hall–Kier alpha value is -4.59. The zero-order chi connectivity index (χ0) is 29.6. The summed E-state index contributed by atoms with van der Waals surface area (Å²) in [6, 6.07) is 22.5. The normalized spacial score (nSPS) is 13.6. The molecule has 2 N–H and O–H groups in total. The average molecular weight is 556 g/mol. The summed E-state index contributed by atoms with van der Waals surface area (Å²) in [5.41, 5.74) is 4.75. The quantitative estimate of drug-likeness (QED) is 0.219. The van der Waals surface area contributed by atoms with Crippen LogP contribution in [-0.4, -0.2) is 41.6 Å². The molecule has 214 valence electrons. The lowest BCUT2D eigenvalue weighted by Crippen LogP contribution is -2.36. The summed E-state index contributed by atoms with van der Waals surface area (Å²) >= 11 is 0. The van der Waals surface area contributed by atoms with E-state index in [1.54, 1.807) is 30.0 Å². The summed E-state index contributed by atoms with van der Waals surface area (Å²) in [7, 11) is 0. The molecule has 0 radical (unpaired) electrons. The van der Waals surface area contributed by atoms with Crippen LogP contribution in [0.4, 0.5) is 16.2 Å². The highest BCUT2D eigenvalue weighted by atomic mass is 16.6. The fraction of sp³-hybridized carbons (Fsp3) is 0.303. The summed E-state index contributed by atoms with van der Waals surface area (Å²) in [6.45, 7) is 10.6. The summed E-state index contributed by atoms with van der Waals surface area (Å²) in [6.07, 6.45) is 0.479. The van der Waals surface area contributed by atoms with Gasteiger partial charge in [0.2, 0.25) is 0 Å². The number of benzene rings is 3. The van der Waals surface area contributed by atoms with Crippen LogP contribution in [0.25, 0.3) is 11.3 Å². The molecule has 4 rings (SSSR count). The minimum atomic E-state index is -0.566. The molecule has 1 aliphatic rings. The number of nitrogens with zero attached hydrogens (tertiary/aromatic N) is 1. The van der Waals surface area contributed by atoms with Crippen molar-refractivity contribution in [1.29, 1.82) is 0 Å². The van der Waals surface area contributed by atoms with E-state index in [2.05, 4.69) is 10.6 Å². The molecule has 0 unspecified atom stereocenters. The van der Waals surface area contributed by atoms with Crippen molar-refractivity contribution >= 4 is 40.6 Å². The Labute approximate surface area is 241 Å². The fourth-order valence-electron chi connectivity index (χ4n) is 4.54. The lowest BCUT2D eigenvalue weighted by molar-refractivity contribution is -0.110. The van der Waals surface area contributed by atoms with E-state index in [9.17, 15) is 14.4 Å². The maximum Gasteiger partial charge on any atom is 0.410 e. The summed E-state index contributed by atoms with van der Waals surface area (Å²) in [5, 5.41) is 6.34. The molecule has 0 fully saturated rings. The predicted molar refractivity (Wildman–Crippen MR) is 161 cm³/mol. The van der Waals surface area contributed by atoms with E-state index in [0.29, 0.717) is 41.2 Å². The first-order chi connectivity index (χ1) is 19.6. The van der Waals surface area contributed by atoms with Gasteiger partial charge >= 0.3 is 12.1 Å². The number of nitrogens with one attached hydrogen (secondary N) is 2. The Balaban J connectivity index is 1.63. The van der Waals surface area contributed by atoms with Gasteiger partial charge in [-0.2, -0.15) is 0 Å². The standard InChI is InChI=1S/C33H37N3O5/c1-6-19-36(32(39)41-33(3,4)5)21-22-13-16-25(17-14-22)34-29(23-11-9-8-10-12-23)28-26-18-15-24(31(38)40-7-2)20-27(26)35-30(28)37/h8-18,20,34H,6-7,19,21H2,1-5H3,(H,35,37). The van der Waals surface area contributed by atoms with Crippen molar-refractivity contribution in [3.8, 4) is 0 Å². The molecule has 0 spiro atoms. The van der Waals surface area contributed by atoms with E-state index in [4.69, 9.17) is 9.47 Å². The van der Waals surface area contributed by atoms with Crippen LogP contribution in [-0.2, 0) is 20.8 Å². The minimum absolute atomic E-state index is 0.267. The summed E-state index contributed by atoms with van der Waals surface area (Å²) < 4.78 is 10.7. The number of hydrogen-bond acceptors (Lipinski definition) is 6. The Morgan fingerprint density at radius 1 is 0.927 bits per heavy atom. The number of rotatable bonds is 9. The second kappa shape index (κ2) is 12.7. The van der Waals surface area contributed by atoms with Gasteiger partial charge in [0.05, 0.1) is 29.1 Å². The number of carbonyl (C=O) groups excluding carboxylic acids is 3. The van der Waals surface area contributed by atoms with Gasteiger partial charge in [-0.25, -0.2) is 9.59 Å². The third-order valence-electron chi connectivity index (χ3n) is 6.33. The van der Waals surface area contributed by atoms with Gasteiger partial charge in [-0.05, 0) is 69.5 Å². The second-order valence-electron chi connectivity index (χ2n) is 10.8. The van der Waals surface area contributed by atoms with Crippen molar-refractivity contribution in [3.05, 3.63) is 95.1 Å². The largest absolute Gasteiger partial charge is 0.462 e. The molecule has 8 heteroatoms. The van der Waals surface area contributed by atoms with Crippen molar-refractivity contribution in [2.45, 2.75) is 53.2 Å². The van der Waals surface area contributed by atoms with E-state index in [-0.39, 0.29) is 18.6 Å². The van der Waals surface area contributed by atoms with Gasteiger partial charge in [0.1, 0.15) is 5.60 Å². The van der Waals surface area contributed by atoms with Crippen LogP contribution < -0.4 is 10.6 Å². The summed E-state index contributed by atoms with van der Waals surface area (Å²) in [4.78, 5) is 39.9. The molecule has 41 heavy (non-hydrogen) atoms. The van der Waals surface area contributed by atoms with Crippen LogP contribution in [0.5, 0.6) is 0 Å². The molecular weight excluding hydrogens is 518 g/mol. The number of carbonyl (C=O) groups is 3. The molecule has 8 nitrogen and oxygen atoms in total. The van der Waals surface area contributed by atoms with Crippen LogP contribution in [0, 0.1) is 0 Å². The highest BCUT2D eigenvalue weighted by Crippen LogP contribution is 2.38. The maximum absolute atomic E-state index is 13.3. The first-order valence-corrected chi connectivity index (χ1v) is 13.9. The number of anilines is 2. The molecule has 0 saturated heterocycles. The SMILES string of the molecule is CCCN(Cc1ccc(NC(=C2C(=O)Nc3cc(C(=O)OCC)ccc32)c2ccccc2)cc1)C(=O)OC(C)(C)C. The highest BCUT2D eigenvalue weighted by molar-refractivity contribution is 6.37. The van der Waals surface area contributed by atoms with Crippen LogP contribution in [0.2, 0.25) is 0 Å². The van der Waals surface area contributed by atoms with E-state index in [0.717, 1.165) is 23.2 Å². The molecular formula is C33H37N3O5. The van der Waals surface area contributed by atoms with Gasteiger partial charge in [0, 0.05) is 24.3 Å². The molecule has 1 aliphatic heterocycles. The smallest absolute Gasteiger partial charge is 0.410 e. The number of esters is 1. The Bertz CT molecular complexity index is 1440. The first-order valence-electron chi connectivity index (χ1n) is 13.9. The molecule has 1 heterocycles. The van der Waals surface area contributed by atoms with Crippen LogP contribution >= 0.6 is 0 Å². The van der Waals surface area contributed by atoms with Gasteiger partial charge < -0.3 is 25.0 Å². The van der Waals surface area contributed by atoms with Crippen molar-refractivity contribution in [2.24, 2.45) is 0 Å². The summed E-state index contributed by atoms with van der Waals surface area (Å²) in [5.74, 6) is -0.704. The van der Waals surface area contributed by atoms with E-state index < -0.39 is 11.6 Å². The highest BCUT2D eigenvalue weighted by Gasteiger charge is 2.29. The monoisotopic (exact) mass is 555 g/mol. The van der Waals surface area contributed by atoms with Crippen molar-refractivity contribution in [2.75, 3.05) is 23.8 Å². The van der Waals surface area contributed by atoms with Gasteiger partial charge in [0.25, 0.3) is 5.91 Å².